The number of para-hydroxylation sites is 1. The predicted octanol–water partition coefficient (Wildman–Crippen LogP) is 5.07. The molecule has 0 spiro atoms. The Morgan fingerprint density at radius 3 is 2.29 bits per heavy atom. The van der Waals surface area contributed by atoms with Crippen molar-refractivity contribution in [2.24, 2.45) is 0 Å². The summed E-state index contributed by atoms with van der Waals surface area (Å²) in [7, 11) is 0. The van der Waals surface area contributed by atoms with Crippen molar-refractivity contribution in [2.75, 3.05) is 18.0 Å². The van der Waals surface area contributed by atoms with Crippen molar-refractivity contribution < 1.29 is 27.5 Å². The van der Waals surface area contributed by atoms with E-state index >= 15 is 0 Å². The Labute approximate surface area is 178 Å². The van der Waals surface area contributed by atoms with E-state index in [1.807, 2.05) is 0 Å². The van der Waals surface area contributed by atoms with Gasteiger partial charge in [-0.05, 0) is 44.5 Å². The van der Waals surface area contributed by atoms with E-state index in [0.717, 1.165) is 6.07 Å². The molecule has 0 bridgehead atoms. The van der Waals surface area contributed by atoms with Crippen LogP contribution in [0.2, 0.25) is 0 Å². The maximum Gasteiger partial charge on any atom is 0.417 e. The predicted molar refractivity (Wildman–Crippen MR) is 109 cm³/mol. The number of halogens is 3. The normalized spacial score (nSPS) is 21.0. The average molecular weight is 432 g/mol. The molecule has 2 aromatic carbocycles. The summed E-state index contributed by atoms with van der Waals surface area (Å²) in [6.45, 7) is 5.59. The highest BCUT2D eigenvalue weighted by molar-refractivity contribution is 6.10. The van der Waals surface area contributed by atoms with Crippen molar-refractivity contribution in [3.8, 4) is 0 Å². The van der Waals surface area contributed by atoms with Crippen molar-refractivity contribution in [3.63, 3.8) is 0 Å². The molecule has 2 unspecified atom stereocenters. The fourth-order valence-corrected chi connectivity index (χ4v) is 4.35. The molecule has 0 radical (unpaired) electrons. The number of carbonyl (C=O) groups excluding carboxylic acids is 2. The summed E-state index contributed by atoms with van der Waals surface area (Å²) in [4.78, 5) is 29.0. The molecule has 0 N–H and O–H groups in total. The molecule has 2 amide bonds. The van der Waals surface area contributed by atoms with Gasteiger partial charge in [0, 0.05) is 24.7 Å². The van der Waals surface area contributed by atoms with E-state index < -0.39 is 41.3 Å². The van der Waals surface area contributed by atoms with Crippen LogP contribution in [0.3, 0.4) is 0 Å². The van der Waals surface area contributed by atoms with Gasteiger partial charge in [0.15, 0.2) is 0 Å². The number of nitrogens with zero attached hydrogens (tertiary/aromatic N) is 2. The zero-order chi connectivity index (χ0) is 22.6. The highest BCUT2D eigenvalue weighted by Crippen LogP contribution is 2.45. The van der Waals surface area contributed by atoms with Gasteiger partial charge in [0.25, 0.3) is 5.91 Å². The summed E-state index contributed by atoms with van der Waals surface area (Å²) < 4.78 is 46.7. The number of hydrogen-bond donors (Lipinski definition) is 0. The van der Waals surface area contributed by atoms with Crippen molar-refractivity contribution in [1.82, 2.24) is 4.90 Å². The zero-order valence-electron chi connectivity index (χ0n) is 17.4. The summed E-state index contributed by atoms with van der Waals surface area (Å²) in [6.07, 6.45) is -5.21. The summed E-state index contributed by atoms with van der Waals surface area (Å²) in [6, 6.07) is 11.9. The van der Waals surface area contributed by atoms with Crippen molar-refractivity contribution in [2.45, 2.75) is 44.5 Å². The van der Waals surface area contributed by atoms with Crippen LogP contribution in [0.5, 0.6) is 0 Å². The first kappa shape index (κ1) is 21.2. The number of hydrogen-bond acceptors (Lipinski definition) is 3. The topological polar surface area (TPSA) is 49.9 Å². The van der Waals surface area contributed by atoms with Gasteiger partial charge >= 0.3 is 12.3 Å². The molecule has 31 heavy (non-hydrogen) atoms. The minimum atomic E-state index is -4.67. The third-order valence-corrected chi connectivity index (χ3v) is 5.54. The average Bonchev–Trinajstić information content (AvgIpc) is 3.12. The number of carbonyl (C=O) groups is 2. The molecule has 2 aliphatic heterocycles. The SMILES string of the molecule is CC(C)(C)OC(=O)N1CC2c3cccc(C(F)(F)F)c3C(=O)N(c3ccccc3)C2C1. The lowest BCUT2D eigenvalue weighted by atomic mass is 9.82. The van der Waals surface area contributed by atoms with Gasteiger partial charge in [0.1, 0.15) is 5.60 Å². The molecule has 164 valence electrons. The molecule has 4 rings (SSSR count). The smallest absolute Gasteiger partial charge is 0.417 e. The molecule has 0 aromatic heterocycles. The van der Waals surface area contributed by atoms with Crippen LogP contribution < -0.4 is 4.90 Å². The van der Waals surface area contributed by atoms with E-state index in [9.17, 15) is 22.8 Å². The van der Waals surface area contributed by atoms with Gasteiger partial charge in [0.05, 0.1) is 17.2 Å². The maximum atomic E-state index is 13.8. The number of fused-ring (bicyclic) bond motifs is 3. The Bertz CT molecular complexity index is 1010. The molecule has 5 nitrogen and oxygen atoms in total. The number of alkyl halides is 3. The molecule has 1 saturated heterocycles. The van der Waals surface area contributed by atoms with E-state index in [0.29, 0.717) is 11.3 Å². The van der Waals surface area contributed by atoms with E-state index in [1.165, 1.54) is 15.9 Å². The standard InChI is InChI=1S/C23H23F3N2O3/c1-22(2,3)31-21(30)27-12-16-15-10-7-11-17(23(24,25)26)19(15)20(29)28(18(16)13-27)14-8-5-4-6-9-14/h4-11,16,18H,12-13H2,1-3H3. The van der Waals surface area contributed by atoms with Crippen LogP contribution in [-0.4, -0.2) is 41.6 Å². The Morgan fingerprint density at radius 1 is 1.00 bits per heavy atom. The van der Waals surface area contributed by atoms with Gasteiger partial charge in [0.2, 0.25) is 0 Å². The largest absolute Gasteiger partial charge is 0.444 e. The van der Waals surface area contributed by atoms with Gasteiger partial charge in [-0.3, -0.25) is 4.79 Å². The summed E-state index contributed by atoms with van der Waals surface area (Å²) in [5.41, 5.74) is -1.18. The maximum absolute atomic E-state index is 13.8. The number of rotatable bonds is 1. The summed E-state index contributed by atoms with van der Waals surface area (Å²) in [5, 5.41) is 0. The number of ether oxygens (including phenoxy) is 1. The highest BCUT2D eigenvalue weighted by atomic mass is 19.4. The van der Waals surface area contributed by atoms with Gasteiger partial charge in [-0.1, -0.05) is 30.3 Å². The van der Waals surface area contributed by atoms with Gasteiger partial charge in [-0.15, -0.1) is 0 Å². The summed E-state index contributed by atoms with van der Waals surface area (Å²) >= 11 is 0. The van der Waals surface area contributed by atoms with Gasteiger partial charge < -0.3 is 14.5 Å². The van der Waals surface area contributed by atoms with Crippen LogP contribution in [0, 0.1) is 0 Å². The van der Waals surface area contributed by atoms with Crippen LogP contribution in [-0.2, 0) is 10.9 Å². The third kappa shape index (κ3) is 3.86. The van der Waals surface area contributed by atoms with Gasteiger partial charge in [-0.25, -0.2) is 4.79 Å². The molecule has 2 heterocycles. The van der Waals surface area contributed by atoms with E-state index in [-0.39, 0.29) is 18.7 Å². The lowest BCUT2D eigenvalue weighted by Gasteiger charge is -2.38. The Morgan fingerprint density at radius 2 is 1.68 bits per heavy atom. The number of amides is 2. The van der Waals surface area contributed by atoms with E-state index in [2.05, 4.69) is 0 Å². The fourth-order valence-electron chi connectivity index (χ4n) is 4.35. The molecular weight excluding hydrogens is 409 g/mol. The number of anilines is 1. The second-order valence-corrected chi connectivity index (χ2v) is 8.84. The van der Waals surface area contributed by atoms with Crippen LogP contribution >= 0.6 is 0 Å². The van der Waals surface area contributed by atoms with E-state index in [1.54, 1.807) is 57.2 Å². The molecule has 1 fully saturated rings. The molecule has 8 heteroatoms. The Hall–Kier alpha value is -3.03. The van der Waals surface area contributed by atoms with Crippen molar-refractivity contribution >= 4 is 17.7 Å². The molecule has 2 atom stereocenters. The molecule has 0 saturated carbocycles. The van der Waals surface area contributed by atoms with Crippen LogP contribution in [0.4, 0.5) is 23.7 Å². The van der Waals surface area contributed by atoms with Crippen molar-refractivity contribution in [1.29, 1.82) is 0 Å². The third-order valence-electron chi connectivity index (χ3n) is 5.54. The van der Waals surface area contributed by atoms with Gasteiger partial charge in [-0.2, -0.15) is 13.2 Å². The first-order chi connectivity index (χ1) is 14.5. The lowest BCUT2D eigenvalue weighted by molar-refractivity contribution is -0.138. The monoisotopic (exact) mass is 432 g/mol. The number of likely N-dealkylation sites (tertiary alicyclic amines) is 1. The zero-order valence-corrected chi connectivity index (χ0v) is 17.4. The molecular formula is C23H23F3N2O3. The second kappa shape index (κ2) is 7.28. The first-order valence-electron chi connectivity index (χ1n) is 10.0. The highest BCUT2D eigenvalue weighted by Gasteiger charge is 2.50. The van der Waals surface area contributed by atoms with Crippen LogP contribution in [0.15, 0.2) is 48.5 Å². The fraction of sp³-hybridized carbons (Fsp3) is 0.391. The summed E-state index contributed by atoms with van der Waals surface area (Å²) in [5.74, 6) is -1.16. The Balaban J connectivity index is 1.82. The second-order valence-electron chi connectivity index (χ2n) is 8.84. The quantitative estimate of drug-likeness (QED) is 0.632. The minimum absolute atomic E-state index is 0.171. The Kier molecular flexibility index (Phi) is 4.98. The molecule has 2 aromatic rings. The molecule has 0 aliphatic carbocycles. The minimum Gasteiger partial charge on any atom is -0.444 e. The van der Waals surface area contributed by atoms with E-state index in [4.69, 9.17) is 4.74 Å². The van der Waals surface area contributed by atoms with Crippen LogP contribution in [0.25, 0.3) is 0 Å². The first-order valence-corrected chi connectivity index (χ1v) is 10.0. The number of benzene rings is 2. The van der Waals surface area contributed by atoms with Crippen molar-refractivity contribution in [3.05, 3.63) is 65.2 Å². The molecule has 2 aliphatic rings. The van der Waals surface area contributed by atoms with Crippen LogP contribution in [0.1, 0.15) is 48.2 Å². The lowest BCUT2D eigenvalue weighted by Crippen LogP contribution is -2.49.